The minimum atomic E-state index is -4.06. The third kappa shape index (κ3) is 7.15. The van der Waals surface area contributed by atoms with Gasteiger partial charge >= 0.3 is 0 Å². The number of likely N-dealkylation sites (tertiary alicyclic amines) is 1. The van der Waals surface area contributed by atoms with E-state index in [1.54, 1.807) is 43.3 Å². The van der Waals surface area contributed by atoms with Gasteiger partial charge in [-0.1, -0.05) is 96.9 Å². The van der Waals surface area contributed by atoms with Gasteiger partial charge in [-0.25, -0.2) is 8.42 Å². The molecule has 1 aliphatic heterocycles. The van der Waals surface area contributed by atoms with Gasteiger partial charge in [0, 0.05) is 18.1 Å². The van der Waals surface area contributed by atoms with Crippen LogP contribution in [0.25, 0.3) is 10.8 Å². The van der Waals surface area contributed by atoms with E-state index in [4.69, 9.17) is 23.2 Å². The lowest BCUT2D eigenvalue weighted by Gasteiger charge is -2.29. The largest absolute Gasteiger partial charge is 0.349 e. The molecule has 2 N–H and O–H groups in total. The Morgan fingerprint density at radius 3 is 2.26 bits per heavy atom. The van der Waals surface area contributed by atoms with Crippen LogP contribution in [0.5, 0.6) is 0 Å². The van der Waals surface area contributed by atoms with Gasteiger partial charge in [0.15, 0.2) is 9.84 Å². The number of Topliss-reactive ketones (excluding diaryl/α,β-unsaturated/α-hetero) is 1. The highest BCUT2D eigenvalue weighted by Gasteiger charge is 2.57. The third-order valence-corrected chi connectivity index (χ3v) is 12.6. The molecule has 1 heterocycles. The highest BCUT2D eigenvalue weighted by atomic mass is 35.5. The Bertz CT molecular complexity index is 2070. The van der Waals surface area contributed by atoms with E-state index in [1.165, 1.54) is 17.0 Å². The van der Waals surface area contributed by atoms with Crippen molar-refractivity contribution in [3.8, 4) is 0 Å². The number of nitrogens with zero attached hydrogens (tertiary/aromatic N) is 1. The van der Waals surface area contributed by atoms with Gasteiger partial charge in [-0.05, 0) is 78.3 Å². The van der Waals surface area contributed by atoms with Crippen LogP contribution in [0.3, 0.4) is 0 Å². The smallest absolute Gasteiger partial charge is 0.289 e. The lowest BCUT2D eigenvalue weighted by Crippen LogP contribution is -2.54. The molecule has 1 aliphatic carbocycles. The number of nitrogens with one attached hydrogen (secondary N) is 2. The van der Waals surface area contributed by atoms with Crippen molar-refractivity contribution in [2.75, 3.05) is 13.1 Å². The second-order valence-corrected chi connectivity index (χ2v) is 16.0. The van der Waals surface area contributed by atoms with E-state index in [9.17, 15) is 27.6 Å². The molecule has 0 aromatic heterocycles. The van der Waals surface area contributed by atoms with Crippen molar-refractivity contribution in [3.63, 3.8) is 0 Å². The highest BCUT2D eigenvalue weighted by Crippen LogP contribution is 2.51. The summed E-state index contributed by atoms with van der Waals surface area (Å²) in [4.78, 5) is 55.6. The molecule has 50 heavy (non-hydrogen) atoms. The fourth-order valence-corrected chi connectivity index (χ4v) is 9.07. The van der Waals surface area contributed by atoms with Crippen molar-refractivity contribution in [2.45, 2.75) is 66.7 Å². The molecule has 3 atom stereocenters. The maximum Gasteiger partial charge on any atom is 0.289 e. The average molecular weight is 735 g/mol. The molecule has 9 nitrogen and oxygen atoms in total. The minimum Gasteiger partial charge on any atom is -0.349 e. The number of benzene rings is 4. The Hall–Kier alpha value is -4.25. The molecule has 0 bridgehead atoms. The topological polar surface area (TPSA) is 130 Å². The molecule has 6 rings (SSSR count). The van der Waals surface area contributed by atoms with Gasteiger partial charge in [0.05, 0.1) is 26.6 Å². The fraction of sp³-hybridized carbons (Fsp3) is 0.316. The van der Waals surface area contributed by atoms with Gasteiger partial charge in [0.25, 0.3) is 5.91 Å². The SMILES string of the molecule is CCC(NC(=O)[C@@H]1C[C@@H](S(=O)(=O)c2ccccc2Cl)CN1C(=O)C1(c2ccc(Cl)cc2)CC1)C(=O)C(=O)NCCc1ccc2ccccc2c1. The molecule has 0 spiro atoms. The number of hydrogen-bond acceptors (Lipinski definition) is 6. The predicted molar refractivity (Wildman–Crippen MR) is 193 cm³/mol. The zero-order valence-corrected chi connectivity index (χ0v) is 29.7. The second-order valence-electron chi connectivity index (χ2n) is 12.9. The normalized spacial score (nSPS) is 18.7. The Balaban J connectivity index is 1.17. The first-order valence-corrected chi connectivity index (χ1v) is 18.9. The first-order chi connectivity index (χ1) is 23.9. The number of fused-ring (bicyclic) bond motifs is 1. The number of hydrogen-bond donors (Lipinski definition) is 2. The number of rotatable bonds is 12. The predicted octanol–water partition coefficient (Wildman–Crippen LogP) is 5.44. The summed E-state index contributed by atoms with van der Waals surface area (Å²) in [6.45, 7) is 1.64. The standard InChI is InChI=1S/C38H37Cl2N3O6S/c1-2-31(34(44)36(46)41-20-17-24-11-12-25-7-3-4-8-26(25)21-24)42-35(45)32-22-29(50(48,49)33-10-6-5-9-30(33)40)23-43(32)37(47)38(18-19-38)27-13-15-28(39)16-14-27/h3-16,21,29,31-32H,2,17-20,22-23H2,1H3,(H,41,46)(H,42,45)/t29-,31?,32+/m1/s1. The molecule has 0 radical (unpaired) electrons. The van der Waals surface area contributed by atoms with E-state index in [-0.39, 0.29) is 41.8 Å². The molecule has 260 valence electrons. The minimum absolute atomic E-state index is 0.0429. The van der Waals surface area contributed by atoms with Crippen LogP contribution >= 0.6 is 23.2 Å². The lowest BCUT2D eigenvalue weighted by atomic mass is 9.94. The van der Waals surface area contributed by atoms with Gasteiger partial charge in [-0.3, -0.25) is 19.2 Å². The van der Waals surface area contributed by atoms with Gasteiger partial charge in [-0.15, -0.1) is 0 Å². The lowest BCUT2D eigenvalue weighted by molar-refractivity contribution is -0.143. The van der Waals surface area contributed by atoms with Crippen LogP contribution in [-0.2, 0) is 40.9 Å². The van der Waals surface area contributed by atoms with Gasteiger partial charge < -0.3 is 15.5 Å². The molecule has 4 aromatic carbocycles. The first-order valence-electron chi connectivity index (χ1n) is 16.6. The molecule has 3 amide bonds. The van der Waals surface area contributed by atoms with Crippen molar-refractivity contribution in [2.24, 2.45) is 0 Å². The summed E-state index contributed by atoms with van der Waals surface area (Å²) in [5, 5.41) is 6.92. The Morgan fingerprint density at radius 1 is 0.900 bits per heavy atom. The summed E-state index contributed by atoms with van der Waals surface area (Å²) < 4.78 is 27.7. The Morgan fingerprint density at radius 2 is 1.58 bits per heavy atom. The fourth-order valence-electron chi connectivity index (χ4n) is 6.73. The Labute approximate surface area is 301 Å². The zero-order chi connectivity index (χ0) is 35.6. The monoisotopic (exact) mass is 733 g/mol. The van der Waals surface area contributed by atoms with E-state index < -0.39 is 50.2 Å². The van der Waals surface area contributed by atoms with E-state index >= 15 is 0 Å². The maximum absolute atomic E-state index is 14.3. The van der Waals surface area contributed by atoms with Gasteiger partial charge in [0.2, 0.25) is 17.6 Å². The molecule has 1 saturated carbocycles. The second kappa shape index (κ2) is 14.5. The van der Waals surface area contributed by atoms with Gasteiger partial charge in [0.1, 0.15) is 6.04 Å². The van der Waals surface area contributed by atoms with Crippen molar-refractivity contribution in [1.29, 1.82) is 0 Å². The summed E-state index contributed by atoms with van der Waals surface area (Å²) in [5.74, 6) is -2.74. The van der Waals surface area contributed by atoms with E-state index in [0.29, 0.717) is 24.3 Å². The summed E-state index contributed by atoms with van der Waals surface area (Å²) >= 11 is 12.4. The van der Waals surface area contributed by atoms with Crippen LogP contribution in [0.15, 0.2) is 95.9 Å². The third-order valence-electron chi connectivity index (χ3n) is 9.74. The number of sulfone groups is 1. The number of ketones is 1. The Kier molecular flexibility index (Phi) is 10.3. The van der Waals surface area contributed by atoms with E-state index in [1.807, 2.05) is 42.5 Å². The average Bonchev–Trinajstić information content (AvgIpc) is 3.80. The van der Waals surface area contributed by atoms with Crippen LogP contribution in [-0.4, -0.2) is 67.2 Å². The van der Waals surface area contributed by atoms with Crippen LogP contribution in [0.2, 0.25) is 10.0 Å². The highest BCUT2D eigenvalue weighted by molar-refractivity contribution is 7.92. The summed E-state index contributed by atoms with van der Waals surface area (Å²) in [6, 6.07) is 24.5. The molecule has 12 heteroatoms. The molecule has 2 aliphatic rings. The summed E-state index contributed by atoms with van der Waals surface area (Å²) in [6.07, 6.45) is 1.46. The first kappa shape index (κ1) is 35.6. The molecular weight excluding hydrogens is 697 g/mol. The van der Waals surface area contributed by atoms with E-state index in [2.05, 4.69) is 10.6 Å². The quantitative estimate of drug-likeness (QED) is 0.187. The summed E-state index contributed by atoms with van der Waals surface area (Å²) in [7, 11) is -4.06. The molecule has 4 aromatic rings. The van der Waals surface area contributed by atoms with E-state index in [0.717, 1.165) is 21.9 Å². The maximum atomic E-state index is 14.3. The molecule has 1 saturated heterocycles. The molecule has 1 unspecified atom stereocenters. The molecule has 2 fully saturated rings. The molecular formula is C38H37Cl2N3O6S. The van der Waals surface area contributed by atoms with Crippen molar-refractivity contribution < 1.29 is 27.6 Å². The van der Waals surface area contributed by atoms with Crippen LogP contribution in [0.1, 0.15) is 43.7 Å². The van der Waals surface area contributed by atoms with Crippen LogP contribution in [0.4, 0.5) is 0 Å². The number of carbonyl (C=O) groups is 4. The van der Waals surface area contributed by atoms with Crippen LogP contribution in [0, 0.1) is 0 Å². The van der Waals surface area contributed by atoms with Crippen molar-refractivity contribution >= 4 is 67.3 Å². The van der Waals surface area contributed by atoms with Crippen molar-refractivity contribution in [3.05, 3.63) is 112 Å². The van der Waals surface area contributed by atoms with Gasteiger partial charge in [-0.2, -0.15) is 0 Å². The van der Waals surface area contributed by atoms with Crippen LogP contribution < -0.4 is 10.6 Å². The van der Waals surface area contributed by atoms with Crippen molar-refractivity contribution in [1.82, 2.24) is 15.5 Å². The number of amides is 3. The number of halogens is 2. The number of carbonyl (C=O) groups excluding carboxylic acids is 4. The summed E-state index contributed by atoms with van der Waals surface area (Å²) in [5.41, 5.74) is 0.804. The zero-order valence-electron chi connectivity index (χ0n) is 27.4.